The van der Waals surface area contributed by atoms with Crippen LogP contribution in [0.15, 0.2) is 22.7 Å². The number of ether oxygens (including phenoxy) is 1. The molecule has 1 aromatic rings. The number of hydrogen-bond acceptors (Lipinski definition) is 3. The fourth-order valence-electron chi connectivity index (χ4n) is 1.97. The second-order valence-electron chi connectivity index (χ2n) is 5.44. The largest absolute Gasteiger partial charge is 0.492 e. The fourth-order valence-corrected chi connectivity index (χ4v) is 2.70. The molecule has 0 atom stereocenters. The van der Waals surface area contributed by atoms with E-state index in [2.05, 4.69) is 26.6 Å². The van der Waals surface area contributed by atoms with Crippen LogP contribution in [0.25, 0.3) is 0 Å². The van der Waals surface area contributed by atoms with E-state index in [1.807, 2.05) is 6.07 Å². The highest BCUT2D eigenvalue weighted by Gasteiger charge is 2.28. The van der Waals surface area contributed by atoms with Crippen molar-refractivity contribution in [3.05, 3.63) is 27.7 Å². The molecule has 23 heavy (non-hydrogen) atoms. The average Bonchev–Trinajstić information content (AvgIpc) is 3.34. The van der Waals surface area contributed by atoms with E-state index < -0.39 is 0 Å². The number of rotatable bonds is 9. The van der Waals surface area contributed by atoms with Crippen LogP contribution in [0.4, 0.5) is 0 Å². The van der Waals surface area contributed by atoms with Crippen molar-refractivity contribution in [1.82, 2.24) is 10.6 Å². The Hall–Kier alpha value is -1.27. The van der Waals surface area contributed by atoms with Crippen LogP contribution in [0, 0.1) is 5.92 Å². The van der Waals surface area contributed by atoms with Gasteiger partial charge in [0.15, 0.2) is 0 Å². The van der Waals surface area contributed by atoms with Crippen LogP contribution in [-0.2, 0) is 9.59 Å². The minimum Gasteiger partial charge on any atom is -0.492 e. The molecule has 126 valence electrons. The molecule has 2 N–H and O–H groups in total. The van der Waals surface area contributed by atoms with E-state index >= 15 is 0 Å². The molecule has 0 aliphatic heterocycles. The van der Waals surface area contributed by atoms with Crippen LogP contribution in [0.2, 0.25) is 5.02 Å². The highest BCUT2D eigenvalue weighted by molar-refractivity contribution is 9.10. The minimum absolute atomic E-state index is 0.0452. The van der Waals surface area contributed by atoms with Crippen molar-refractivity contribution < 1.29 is 14.3 Å². The molecule has 7 heteroatoms. The second kappa shape index (κ2) is 9.13. The van der Waals surface area contributed by atoms with Gasteiger partial charge in [0, 0.05) is 29.9 Å². The molecule has 1 fully saturated rings. The van der Waals surface area contributed by atoms with Crippen LogP contribution < -0.4 is 15.4 Å². The average molecular weight is 404 g/mol. The SMILES string of the molecule is O=C(CCCOc1ccc(Br)cc1Cl)NCCNC(=O)C1CC1. The predicted molar refractivity (Wildman–Crippen MR) is 92.6 cm³/mol. The molecule has 1 aromatic carbocycles. The van der Waals surface area contributed by atoms with E-state index in [0.29, 0.717) is 43.3 Å². The lowest BCUT2D eigenvalue weighted by Gasteiger charge is -2.09. The molecule has 0 spiro atoms. The summed E-state index contributed by atoms with van der Waals surface area (Å²) in [6, 6.07) is 5.40. The van der Waals surface area contributed by atoms with Crippen molar-refractivity contribution in [2.24, 2.45) is 5.92 Å². The van der Waals surface area contributed by atoms with Gasteiger partial charge in [-0.25, -0.2) is 0 Å². The zero-order valence-electron chi connectivity index (χ0n) is 12.7. The summed E-state index contributed by atoms with van der Waals surface area (Å²) in [6.07, 6.45) is 2.96. The van der Waals surface area contributed by atoms with Gasteiger partial charge in [0.05, 0.1) is 11.6 Å². The first kappa shape index (κ1) is 18.1. The van der Waals surface area contributed by atoms with Crippen molar-refractivity contribution in [2.75, 3.05) is 19.7 Å². The number of hydrogen-bond donors (Lipinski definition) is 2. The predicted octanol–water partition coefficient (Wildman–Crippen LogP) is 2.90. The summed E-state index contributed by atoms with van der Waals surface area (Å²) in [6.45, 7) is 1.36. The van der Waals surface area contributed by atoms with Crippen molar-refractivity contribution in [3.8, 4) is 5.75 Å². The summed E-state index contributed by atoms with van der Waals surface area (Å²) in [5.74, 6) is 0.863. The molecular weight excluding hydrogens is 384 g/mol. The fraction of sp³-hybridized carbons (Fsp3) is 0.500. The molecule has 0 saturated heterocycles. The Kier molecular flexibility index (Phi) is 7.17. The molecule has 1 aliphatic rings. The molecule has 2 rings (SSSR count). The number of carbonyl (C=O) groups excluding carboxylic acids is 2. The monoisotopic (exact) mass is 402 g/mol. The smallest absolute Gasteiger partial charge is 0.223 e. The third-order valence-corrected chi connectivity index (χ3v) is 4.18. The molecular formula is C16H20BrClN2O3. The Labute approximate surface area is 149 Å². The van der Waals surface area contributed by atoms with Crippen molar-refractivity contribution in [1.29, 1.82) is 0 Å². The zero-order chi connectivity index (χ0) is 16.7. The number of benzene rings is 1. The van der Waals surface area contributed by atoms with E-state index in [1.54, 1.807) is 12.1 Å². The van der Waals surface area contributed by atoms with Crippen molar-refractivity contribution in [3.63, 3.8) is 0 Å². The molecule has 1 aliphatic carbocycles. The standard InChI is InChI=1S/C16H20BrClN2O3/c17-12-5-6-14(13(18)10-12)23-9-1-2-15(21)19-7-8-20-16(22)11-3-4-11/h5-6,10-11H,1-4,7-9H2,(H,19,21)(H,20,22). The van der Waals surface area contributed by atoms with Gasteiger partial charge >= 0.3 is 0 Å². The number of halogens is 2. The van der Waals surface area contributed by atoms with Crippen LogP contribution >= 0.6 is 27.5 Å². The molecule has 0 aromatic heterocycles. The lowest BCUT2D eigenvalue weighted by Crippen LogP contribution is -2.35. The van der Waals surface area contributed by atoms with Gasteiger partial charge in [0.2, 0.25) is 11.8 Å². The maximum Gasteiger partial charge on any atom is 0.223 e. The van der Waals surface area contributed by atoms with E-state index in [-0.39, 0.29) is 17.7 Å². The summed E-state index contributed by atoms with van der Waals surface area (Å²) < 4.78 is 6.43. The second-order valence-corrected chi connectivity index (χ2v) is 6.76. The Morgan fingerprint density at radius 2 is 2.00 bits per heavy atom. The molecule has 0 bridgehead atoms. The van der Waals surface area contributed by atoms with E-state index in [0.717, 1.165) is 17.3 Å². The van der Waals surface area contributed by atoms with Crippen LogP contribution in [0.1, 0.15) is 25.7 Å². The first-order valence-electron chi connectivity index (χ1n) is 7.68. The molecule has 1 saturated carbocycles. The Bertz CT molecular complexity index is 564. The summed E-state index contributed by atoms with van der Waals surface area (Å²) in [4.78, 5) is 23.0. The minimum atomic E-state index is -0.0452. The summed E-state index contributed by atoms with van der Waals surface area (Å²) in [5, 5.41) is 6.11. The van der Waals surface area contributed by atoms with E-state index in [1.165, 1.54) is 0 Å². The van der Waals surface area contributed by atoms with Gasteiger partial charge in [-0.15, -0.1) is 0 Å². The van der Waals surface area contributed by atoms with Gasteiger partial charge in [-0.3, -0.25) is 9.59 Å². The van der Waals surface area contributed by atoms with Gasteiger partial charge in [-0.1, -0.05) is 27.5 Å². The van der Waals surface area contributed by atoms with Gasteiger partial charge in [0.25, 0.3) is 0 Å². The summed E-state index contributed by atoms with van der Waals surface area (Å²) >= 11 is 9.37. The van der Waals surface area contributed by atoms with Crippen LogP contribution in [-0.4, -0.2) is 31.5 Å². The van der Waals surface area contributed by atoms with E-state index in [4.69, 9.17) is 16.3 Å². The topological polar surface area (TPSA) is 67.4 Å². The summed E-state index contributed by atoms with van der Waals surface area (Å²) in [5.41, 5.74) is 0. The van der Waals surface area contributed by atoms with Gasteiger partial charge in [0.1, 0.15) is 5.75 Å². The number of nitrogens with one attached hydrogen (secondary N) is 2. The number of carbonyl (C=O) groups is 2. The van der Waals surface area contributed by atoms with Gasteiger partial charge < -0.3 is 15.4 Å². The lowest BCUT2D eigenvalue weighted by molar-refractivity contribution is -0.123. The third-order valence-electron chi connectivity index (χ3n) is 3.39. The third kappa shape index (κ3) is 6.79. The normalized spacial score (nSPS) is 13.5. The highest BCUT2D eigenvalue weighted by atomic mass is 79.9. The molecule has 0 heterocycles. The first-order valence-corrected chi connectivity index (χ1v) is 8.85. The molecule has 2 amide bonds. The van der Waals surface area contributed by atoms with Crippen molar-refractivity contribution in [2.45, 2.75) is 25.7 Å². The molecule has 5 nitrogen and oxygen atoms in total. The van der Waals surface area contributed by atoms with Gasteiger partial charge in [-0.2, -0.15) is 0 Å². The Morgan fingerprint density at radius 1 is 1.26 bits per heavy atom. The zero-order valence-corrected chi connectivity index (χ0v) is 15.1. The molecule has 0 unspecified atom stereocenters. The Morgan fingerprint density at radius 3 is 2.70 bits per heavy atom. The quantitative estimate of drug-likeness (QED) is 0.623. The summed E-state index contributed by atoms with van der Waals surface area (Å²) in [7, 11) is 0. The number of amides is 2. The van der Waals surface area contributed by atoms with Crippen LogP contribution in [0.3, 0.4) is 0 Å². The maximum atomic E-state index is 11.6. The Balaban J connectivity index is 1.51. The van der Waals surface area contributed by atoms with Crippen LogP contribution in [0.5, 0.6) is 5.75 Å². The first-order chi connectivity index (χ1) is 11.1. The molecule has 0 radical (unpaired) electrons. The van der Waals surface area contributed by atoms with Gasteiger partial charge in [-0.05, 0) is 37.5 Å². The maximum absolute atomic E-state index is 11.6. The lowest BCUT2D eigenvalue weighted by atomic mass is 10.3. The highest BCUT2D eigenvalue weighted by Crippen LogP contribution is 2.28. The van der Waals surface area contributed by atoms with Crippen molar-refractivity contribution >= 4 is 39.3 Å². The van der Waals surface area contributed by atoms with E-state index in [9.17, 15) is 9.59 Å².